The predicted molar refractivity (Wildman–Crippen MR) is 119 cm³/mol. The Bertz CT molecular complexity index is 1140. The first-order valence-electron chi connectivity index (χ1n) is 10.2. The fraction of sp³-hybridized carbons (Fsp3) is 0.292. The van der Waals surface area contributed by atoms with E-state index in [0.29, 0.717) is 12.2 Å². The SMILES string of the molecule is C#Cc1cccc(COC2(NC(=O)c3cc(-c4cnn(C)c4)cnc3N)CCCC2)c1. The van der Waals surface area contributed by atoms with E-state index in [0.717, 1.165) is 47.9 Å². The number of carbonyl (C=O) groups excluding carboxylic acids is 1. The van der Waals surface area contributed by atoms with Crippen LogP contribution in [-0.4, -0.2) is 26.4 Å². The largest absolute Gasteiger partial charge is 0.383 e. The Morgan fingerprint density at radius 3 is 2.81 bits per heavy atom. The van der Waals surface area contributed by atoms with Crippen molar-refractivity contribution in [2.75, 3.05) is 5.73 Å². The first kappa shape index (κ1) is 20.6. The third-order valence-corrected chi connectivity index (χ3v) is 5.56. The van der Waals surface area contributed by atoms with Gasteiger partial charge in [0.25, 0.3) is 5.91 Å². The van der Waals surface area contributed by atoms with Gasteiger partial charge in [-0.05, 0) is 49.4 Å². The van der Waals surface area contributed by atoms with Gasteiger partial charge in [-0.25, -0.2) is 4.98 Å². The van der Waals surface area contributed by atoms with E-state index >= 15 is 0 Å². The number of nitrogens with zero attached hydrogens (tertiary/aromatic N) is 3. The molecule has 1 aliphatic rings. The van der Waals surface area contributed by atoms with Crippen molar-refractivity contribution in [1.82, 2.24) is 20.1 Å². The number of nitrogen functional groups attached to an aromatic ring is 1. The number of hydrogen-bond donors (Lipinski definition) is 2. The lowest BCUT2D eigenvalue weighted by Crippen LogP contribution is -2.48. The maximum Gasteiger partial charge on any atom is 0.257 e. The van der Waals surface area contributed by atoms with E-state index in [1.165, 1.54) is 0 Å². The van der Waals surface area contributed by atoms with Gasteiger partial charge >= 0.3 is 0 Å². The summed E-state index contributed by atoms with van der Waals surface area (Å²) >= 11 is 0. The molecule has 0 atom stereocenters. The van der Waals surface area contributed by atoms with Gasteiger partial charge in [0, 0.05) is 36.1 Å². The Kier molecular flexibility index (Phi) is 5.74. The summed E-state index contributed by atoms with van der Waals surface area (Å²) in [5, 5.41) is 7.26. The summed E-state index contributed by atoms with van der Waals surface area (Å²) in [5.41, 5.74) is 9.04. The zero-order valence-corrected chi connectivity index (χ0v) is 17.5. The molecule has 31 heavy (non-hydrogen) atoms. The average Bonchev–Trinajstić information content (AvgIpc) is 3.42. The van der Waals surface area contributed by atoms with Crippen LogP contribution in [0.2, 0.25) is 0 Å². The summed E-state index contributed by atoms with van der Waals surface area (Å²) in [4.78, 5) is 17.4. The van der Waals surface area contributed by atoms with Gasteiger partial charge in [-0.2, -0.15) is 5.10 Å². The van der Waals surface area contributed by atoms with Gasteiger partial charge in [-0.15, -0.1) is 6.42 Å². The molecular weight excluding hydrogens is 390 g/mol. The summed E-state index contributed by atoms with van der Waals surface area (Å²) < 4.78 is 7.95. The zero-order chi connectivity index (χ0) is 21.8. The molecule has 1 aromatic carbocycles. The molecule has 2 heterocycles. The minimum Gasteiger partial charge on any atom is -0.383 e. The Morgan fingerprint density at radius 1 is 1.29 bits per heavy atom. The molecule has 7 heteroatoms. The molecule has 4 rings (SSSR count). The highest BCUT2D eigenvalue weighted by atomic mass is 16.5. The fourth-order valence-electron chi connectivity index (χ4n) is 3.88. The molecule has 1 fully saturated rings. The van der Waals surface area contributed by atoms with Gasteiger partial charge in [0.2, 0.25) is 0 Å². The van der Waals surface area contributed by atoms with Crippen LogP contribution in [0.3, 0.4) is 0 Å². The molecule has 3 N–H and O–H groups in total. The number of anilines is 1. The lowest BCUT2D eigenvalue weighted by molar-refractivity contribution is -0.0696. The molecule has 1 aliphatic carbocycles. The summed E-state index contributed by atoms with van der Waals surface area (Å²) in [7, 11) is 1.84. The molecule has 7 nitrogen and oxygen atoms in total. The van der Waals surface area contributed by atoms with Crippen LogP contribution in [0.5, 0.6) is 0 Å². The van der Waals surface area contributed by atoms with Crippen LogP contribution in [0.4, 0.5) is 5.82 Å². The molecule has 1 amide bonds. The molecule has 1 saturated carbocycles. The average molecular weight is 415 g/mol. The molecule has 158 valence electrons. The maximum absolute atomic E-state index is 13.2. The molecule has 0 unspecified atom stereocenters. The zero-order valence-electron chi connectivity index (χ0n) is 17.5. The van der Waals surface area contributed by atoms with Crippen LogP contribution in [0, 0.1) is 12.3 Å². The van der Waals surface area contributed by atoms with Crippen LogP contribution in [-0.2, 0) is 18.4 Å². The van der Waals surface area contributed by atoms with Crippen LogP contribution >= 0.6 is 0 Å². The van der Waals surface area contributed by atoms with Gasteiger partial charge in [0.1, 0.15) is 11.5 Å². The molecule has 2 aromatic heterocycles. The van der Waals surface area contributed by atoms with E-state index < -0.39 is 5.72 Å². The van der Waals surface area contributed by atoms with Crippen LogP contribution < -0.4 is 11.1 Å². The standard InChI is InChI=1S/C24H25N5O2/c1-3-17-7-6-8-18(11-17)16-31-24(9-4-5-10-24)28-23(30)21-12-19(13-26-22(21)25)20-14-27-29(2)15-20/h1,6-8,11-15H,4-5,9-10,16H2,2H3,(H2,25,26)(H,28,30). The lowest BCUT2D eigenvalue weighted by Gasteiger charge is -2.31. The number of terminal acetylenes is 1. The Morgan fingerprint density at radius 2 is 2.10 bits per heavy atom. The van der Waals surface area contributed by atoms with Crippen LogP contribution in [0.15, 0.2) is 48.9 Å². The van der Waals surface area contributed by atoms with E-state index in [4.69, 9.17) is 16.9 Å². The lowest BCUT2D eigenvalue weighted by atomic mass is 10.1. The number of aromatic nitrogens is 3. The third kappa shape index (κ3) is 4.60. The Hall–Kier alpha value is -3.63. The number of amides is 1. The minimum absolute atomic E-state index is 0.181. The second kappa shape index (κ2) is 8.62. The first-order valence-corrected chi connectivity index (χ1v) is 10.2. The number of carbonyl (C=O) groups is 1. The number of nitrogens with two attached hydrogens (primary N) is 1. The van der Waals surface area contributed by atoms with Crippen molar-refractivity contribution in [2.45, 2.75) is 38.0 Å². The smallest absolute Gasteiger partial charge is 0.257 e. The predicted octanol–water partition coefficient (Wildman–Crippen LogP) is 3.26. The summed E-state index contributed by atoms with van der Waals surface area (Å²) in [6.45, 7) is 0.360. The van der Waals surface area contributed by atoms with E-state index in [1.54, 1.807) is 23.1 Å². The monoisotopic (exact) mass is 415 g/mol. The first-order chi connectivity index (χ1) is 15.0. The maximum atomic E-state index is 13.2. The Labute approximate surface area is 181 Å². The third-order valence-electron chi connectivity index (χ3n) is 5.56. The number of rotatable bonds is 6. The van der Waals surface area contributed by atoms with Gasteiger partial charge in [-0.1, -0.05) is 18.1 Å². The summed E-state index contributed by atoms with van der Waals surface area (Å²) in [6, 6.07) is 9.41. The number of ether oxygens (including phenoxy) is 1. The van der Waals surface area contributed by atoms with Crippen LogP contribution in [0.1, 0.15) is 47.2 Å². The highest BCUT2D eigenvalue weighted by Gasteiger charge is 2.37. The number of hydrogen-bond acceptors (Lipinski definition) is 5. The van der Waals surface area contributed by atoms with Gasteiger partial charge in [0.05, 0.1) is 18.4 Å². The molecule has 0 radical (unpaired) electrons. The molecule has 0 aliphatic heterocycles. The normalized spacial score (nSPS) is 14.8. The molecule has 0 saturated heterocycles. The van der Waals surface area contributed by atoms with E-state index in [9.17, 15) is 4.79 Å². The van der Waals surface area contributed by atoms with Crippen LogP contribution in [0.25, 0.3) is 11.1 Å². The van der Waals surface area contributed by atoms with Crippen molar-refractivity contribution in [1.29, 1.82) is 0 Å². The number of nitrogens with one attached hydrogen (secondary N) is 1. The number of aryl methyl sites for hydroxylation is 1. The quantitative estimate of drug-likeness (QED) is 0.476. The minimum atomic E-state index is -0.736. The second-order valence-corrected chi connectivity index (χ2v) is 7.85. The fourth-order valence-corrected chi connectivity index (χ4v) is 3.88. The van der Waals surface area contributed by atoms with Crippen molar-refractivity contribution >= 4 is 11.7 Å². The van der Waals surface area contributed by atoms with Crippen molar-refractivity contribution in [2.24, 2.45) is 7.05 Å². The number of benzene rings is 1. The van der Waals surface area contributed by atoms with Gasteiger partial charge in [0.15, 0.2) is 0 Å². The highest BCUT2D eigenvalue weighted by molar-refractivity contribution is 5.99. The topological polar surface area (TPSA) is 95.1 Å². The highest BCUT2D eigenvalue weighted by Crippen LogP contribution is 2.33. The summed E-state index contributed by atoms with van der Waals surface area (Å²) in [6.07, 6.45) is 14.2. The van der Waals surface area contributed by atoms with E-state index in [2.05, 4.69) is 21.3 Å². The molecule has 0 spiro atoms. The van der Waals surface area contributed by atoms with E-state index in [1.807, 2.05) is 37.5 Å². The van der Waals surface area contributed by atoms with Crippen molar-refractivity contribution < 1.29 is 9.53 Å². The number of pyridine rings is 1. The molecule has 3 aromatic rings. The molecular formula is C24H25N5O2. The van der Waals surface area contributed by atoms with Gasteiger partial charge < -0.3 is 15.8 Å². The van der Waals surface area contributed by atoms with E-state index in [-0.39, 0.29) is 11.7 Å². The second-order valence-electron chi connectivity index (χ2n) is 7.85. The summed E-state index contributed by atoms with van der Waals surface area (Å²) in [5.74, 6) is 2.52. The van der Waals surface area contributed by atoms with Crippen molar-refractivity contribution in [3.8, 4) is 23.5 Å². The van der Waals surface area contributed by atoms with Crippen molar-refractivity contribution in [3.63, 3.8) is 0 Å². The Balaban J connectivity index is 1.53. The van der Waals surface area contributed by atoms with Crippen molar-refractivity contribution in [3.05, 3.63) is 65.6 Å². The van der Waals surface area contributed by atoms with Gasteiger partial charge in [-0.3, -0.25) is 9.48 Å². The molecule has 0 bridgehead atoms.